The van der Waals surface area contributed by atoms with Crippen LogP contribution in [0.1, 0.15) is 0 Å². The fourth-order valence-electron chi connectivity index (χ4n) is 1.54. The Morgan fingerprint density at radius 1 is 1.12 bits per heavy atom. The summed E-state index contributed by atoms with van der Waals surface area (Å²) in [6.45, 7) is 0. The average Bonchev–Trinajstić information content (AvgIpc) is 2.73. The SMILES string of the molecule is Nc1cnc2sc(-c3ccccc3)nc2c1. The maximum atomic E-state index is 5.67. The molecule has 2 heterocycles. The van der Waals surface area contributed by atoms with Crippen molar-refractivity contribution in [3.05, 3.63) is 42.6 Å². The minimum absolute atomic E-state index is 0.650. The van der Waals surface area contributed by atoms with E-state index in [1.807, 2.05) is 36.4 Å². The van der Waals surface area contributed by atoms with Gasteiger partial charge in [-0.3, -0.25) is 0 Å². The molecule has 1 aromatic carbocycles. The van der Waals surface area contributed by atoms with Crippen LogP contribution in [0, 0.1) is 0 Å². The van der Waals surface area contributed by atoms with E-state index in [0.717, 1.165) is 20.9 Å². The highest BCUT2D eigenvalue weighted by Crippen LogP contribution is 2.29. The molecule has 78 valence electrons. The number of pyridine rings is 1. The molecule has 0 radical (unpaired) electrons. The fourth-order valence-corrected chi connectivity index (χ4v) is 2.44. The molecule has 4 heteroatoms. The number of nitrogens with two attached hydrogens (primary N) is 1. The van der Waals surface area contributed by atoms with Crippen molar-refractivity contribution < 1.29 is 0 Å². The van der Waals surface area contributed by atoms with E-state index in [1.165, 1.54) is 0 Å². The van der Waals surface area contributed by atoms with Gasteiger partial charge in [0.15, 0.2) is 0 Å². The van der Waals surface area contributed by atoms with Crippen LogP contribution in [0.15, 0.2) is 42.6 Å². The highest BCUT2D eigenvalue weighted by Gasteiger charge is 2.06. The van der Waals surface area contributed by atoms with E-state index in [0.29, 0.717) is 5.69 Å². The molecule has 3 nitrogen and oxygen atoms in total. The number of thiazole rings is 1. The van der Waals surface area contributed by atoms with Crippen LogP contribution in [-0.4, -0.2) is 9.97 Å². The van der Waals surface area contributed by atoms with Gasteiger partial charge in [0, 0.05) is 5.56 Å². The molecule has 3 aromatic rings. The van der Waals surface area contributed by atoms with Crippen molar-refractivity contribution in [2.45, 2.75) is 0 Å². The van der Waals surface area contributed by atoms with Gasteiger partial charge in [0.25, 0.3) is 0 Å². The van der Waals surface area contributed by atoms with Gasteiger partial charge in [-0.15, -0.1) is 0 Å². The number of nitrogen functional groups attached to an aromatic ring is 1. The molecule has 16 heavy (non-hydrogen) atoms. The lowest BCUT2D eigenvalue weighted by Crippen LogP contribution is -1.84. The molecule has 0 saturated heterocycles. The van der Waals surface area contributed by atoms with Gasteiger partial charge >= 0.3 is 0 Å². The van der Waals surface area contributed by atoms with Crippen molar-refractivity contribution in [3.63, 3.8) is 0 Å². The quantitative estimate of drug-likeness (QED) is 0.695. The number of benzene rings is 1. The fraction of sp³-hybridized carbons (Fsp3) is 0. The van der Waals surface area contributed by atoms with Crippen LogP contribution in [0.5, 0.6) is 0 Å². The van der Waals surface area contributed by atoms with Crippen molar-refractivity contribution in [2.75, 3.05) is 5.73 Å². The first-order valence-corrected chi connectivity index (χ1v) is 5.72. The number of hydrogen-bond donors (Lipinski definition) is 1. The molecule has 0 saturated carbocycles. The van der Waals surface area contributed by atoms with Crippen LogP contribution in [-0.2, 0) is 0 Å². The van der Waals surface area contributed by atoms with Gasteiger partial charge in [-0.2, -0.15) is 0 Å². The predicted octanol–water partition coefficient (Wildman–Crippen LogP) is 2.94. The first kappa shape index (κ1) is 9.30. The van der Waals surface area contributed by atoms with Gasteiger partial charge in [0.2, 0.25) is 0 Å². The monoisotopic (exact) mass is 227 g/mol. The first-order chi connectivity index (χ1) is 7.83. The molecular weight excluding hydrogens is 218 g/mol. The topological polar surface area (TPSA) is 51.8 Å². The largest absolute Gasteiger partial charge is 0.397 e. The van der Waals surface area contributed by atoms with Gasteiger partial charge in [-0.05, 0) is 6.07 Å². The molecule has 0 unspecified atom stereocenters. The maximum Gasteiger partial charge on any atom is 0.143 e. The Balaban J connectivity index is 2.19. The van der Waals surface area contributed by atoms with Crippen molar-refractivity contribution in [3.8, 4) is 10.6 Å². The molecule has 0 spiro atoms. The van der Waals surface area contributed by atoms with Crippen LogP contribution < -0.4 is 5.73 Å². The second-order valence-corrected chi connectivity index (χ2v) is 4.46. The lowest BCUT2D eigenvalue weighted by molar-refractivity contribution is 1.41. The summed E-state index contributed by atoms with van der Waals surface area (Å²) in [6.07, 6.45) is 1.66. The van der Waals surface area contributed by atoms with Crippen LogP contribution in [0.25, 0.3) is 20.9 Å². The van der Waals surface area contributed by atoms with Gasteiger partial charge in [0.05, 0.1) is 11.9 Å². The number of aromatic nitrogens is 2. The summed E-state index contributed by atoms with van der Waals surface area (Å²) in [6, 6.07) is 11.9. The Bertz CT molecular complexity index is 631. The molecule has 2 N–H and O–H groups in total. The van der Waals surface area contributed by atoms with Gasteiger partial charge < -0.3 is 5.73 Å². The molecule has 0 amide bonds. The summed E-state index contributed by atoms with van der Waals surface area (Å²) in [5.41, 5.74) is 8.30. The zero-order valence-corrected chi connectivity index (χ0v) is 9.24. The van der Waals surface area contributed by atoms with Gasteiger partial charge in [0.1, 0.15) is 15.4 Å². The Hall–Kier alpha value is -1.94. The van der Waals surface area contributed by atoms with E-state index < -0.39 is 0 Å². The van der Waals surface area contributed by atoms with Crippen LogP contribution in [0.4, 0.5) is 5.69 Å². The average molecular weight is 227 g/mol. The van der Waals surface area contributed by atoms with Crippen molar-refractivity contribution >= 4 is 27.4 Å². The normalized spacial score (nSPS) is 10.8. The maximum absolute atomic E-state index is 5.67. The van der Waals surface area contributed by atoms with Crippen LogP contribution in [0.3, 0.4) is 0 Å². The van der Waals surface area contributed by atoms with Crippen LogP contribution >= 0.6 is 11.3 Å². The summed E-state index contributed by atoms with van der Waals surface area (Å²) >= 11 is 1.58. The standard InChI is InChI=1S/C12H9N3S/c13-9-6-10-12(14-7-9)16-11(15-10)8-4-2-1-3-5-8/h1-7H,13H2. The van der Waals surface area contributed by atoms with E-state index in [9.17, 15) is 0 Å². The highest BCUT2D eigenvalue weighted by molar-refractivity contribution is 7.21. The third-order valence-corrected chi connectivity index (χ3v) is 3.32. The zero-order valence-electron chi connectivity index (χ0n) is 8.42. The number of rotatable bonds is 1. The molecule has 3 rings (SSSR count). The van der Waals surface area contributed by atoms with Crippen molar-refractivity contribution in [2.24, 2.45) is 0 Å². The van der Waals surface area contributed by atoms with E-state index in [1.54, 1.807) is 17.5 Å². The predicted molar refractivity (Wildman–Crippen MR) is 67.3 cm³/mol. The lowest BCUT2D eigenvalue weighted by atomic mass is 10.2. The summed E-state index contributed by atoms with van der Waals surface area (Å²) < 4.78 is 0. The molecular formula is C12H9N3S. The molecule has 0 aliphatic carbocycles. The van der Waals surface area contributed by atoms with Crippen LogP contribution in [0.2, 0.25) is 0 Å². The van der Waals surface area contributed by atoms with Gasteiger partial charge in [-0.25, -0.2) is 9.97 Å². The van der Waals surface area contributed by atoms with E-state index >= 15 is 0 Å². The first-order valence-electron chi connectivity index (χ1n) is 4.90. The second-order valence-electron chi connectivity index (χ2n) is 3.48. The smallest absolute Gasteiger partial charge is 0.143 e. The van der Waals surface area contributed by atoms with E-state index in [2.05, 4.69) is 9.97 Å². The lowest BCUT2D eigenvalue weighted by Gasteiger charge is -1.92. The molecule has 0 aliphatic heterocycles. The summed E-state index contributed by atoms with van der Waals surface area (Å²) in [7, 11) is 0. The third-order valence-electron chi connectivity index (χ3n) is 2.29. The van der Waals surface area contributed by atoms with Crippen molar-refractivity contribution in [1.29, 1.82) is 0 Å². The Morgan fingerprint density at radius 2 is 1.94 bits per heavy atom. The summed E-state index contributed by atoms with van der Waals surface area (Å²) in [5.74, 6) is 0. The summed E-state index contributed by atoms with van der Waals surface area (Å²) in [5, 5.41) is 0.980. The van der Waals surface area contributed by atoms with Gasteiger partial charge in [-0.1, -0.05) is 41.7 Å². The molecule has 0 bridgehead atoms. The number of hydrogen-bond acceptors (Lipinski definition) is 4. The Kier molecular flexibility index (Phi) is 2.08. The summed E-state index contributed by atoms with van der Waals surface area (Å²) in [4.78, 5) is 9.70. The van der Waals surface area contributed by atoms with E-state index in [-0.39, 0.29) is 0 Å². The molecule has 0 atom stereocenters. The number of fused-ring (bicyclic) bond motifs is 1. The third kappa shape index (κ3) is 1.53. The Morgan fingerprint density at radius 3 is 2.75 bits per heavy atom. The molecule has 0 fully saturated rings. The molecule has 2 aromatic heterocycles. The second kappa shape index (κ2) is 3.57. The van der Waals surface area contributed by atoms with Crippen molar-refractivity contribution in [1.82, 2.24) is 9.97 Å². The molecule has 0 aliphatic rings. The minimum Gasteiger partial charge on any atom is -0.397 e. The highest BCUT2D eigenvalue weighted by atomic mass is 32.1. The number of anilines is 1. The Labute approximate surface area is 96.6 Å². The van der Waals surface area contributed by atoms with E-state index in [4.69, 9.17) is 5.73 Å². The zero-order chi connectivity index (χ0) is 11.0. The number of nitrogens with zero attached hydrogens (tertiary/aromatic N) is 2. The minimum atomic E-state index is 0.650.